The van der Waals surface area contributed by atoms with Crippen molar-refractivity contribution in [1.29, 1.82) is 0 Å². The third-order valence-corrected chi connectivity index (χ3v) is 4.54. The zero-order chi connectivity index (χ0) is 13.2. The molecule has 0 spiro atoms. The molecule has 2 nitrogen and oxygen atoms in total. The number of anilines is 1. The van der Waals surface area contributed by atoms with Gasteiger partial charge in [0.15, 0.2) is 0 Å². The fourth-order valence-corrected chi connectivity index (χ4v) is 3.36. The largest absolute Gasteiger partial charge is 0.326 e. The molecule has 2 atom stereocenters. The number of amides is 1. The predicted molar refractivity (Wildman–Crippen MR) is 77.9 cm³/mol. The third-order valence-electron chi connectivity index (χ3n) is 4.54. The molecule has 100 valence electrons. The molecule has 19 heavy (non-hydrogen) atoms. The molecule has 0 radical (unpaired) electrons. The molecule has 2 heteroatoms. The van der Waals surface area contributed by atoms with E-state index in [9.17, 15) is 4.79 Å². The molecule has 0 bridgehead atoms. The molecular weight excluding hydrogens is 234 g/mol. The number of aryl methyl sites for hydroxylation is 1. The molecule has 0 aromatic heterocycles. The summed E-state index contributed by atoms with van der Waals surface area (Å²) in [6.45, 7) is 2.04. The highest BCUT2D eigenvalue weighted by Crippen LogP contribution is 2.53. The fourth-order valence-electron chi connectivity index (χ4n) is 3.36. The summed E-state index contributed by atoms with van der Waals surface area (Å²) in [5, 5.41) is 3.11. The Morgan fingerprint density at radius 1 is 1.11 bits per heavy atom. The van der Waals surface area contributed by atoms with E-state index >= 15 is 0 Å². The van der Waals surface area contributed by atoms with Crippen LogP contribution in [0.2, 0.25) is 0 Å². The van der Waals surface area contributed by atoms with Crippen LogP contribution in [0.3, 0.4) is 0 Å². The van der Waals surface area contributed by atoms with Crippen LogP contribution in [0.1, 0.15) is 31.2 Å². The van der Waals surface area contributed by atoms with Crippen LogP contribution in [0.25, 0.3) is 0 Å². The number of fused-ring (bicyclic) bond motifs is 1. The molecule has 0 heterocycles. The number of hydrogen-bond donors (Lipinski definition) is 1. The highest BCUT2D eigenvalue weighted by Gasteiger charge is 2.53. The van der Waals surface area contributed by atoms with E-state index in [1.54, 1.807) is 0 Å². The number of rotatable bonds is 2. The standard InChI is InChI=1S/C17H21NO/c1-12-8-6-7-11-15(12)18-17(19)16-13-9-4-2-3-5-10-14(13)16/h2-3,6-8,11,13-14,16H,4-5,9-10H2,1H3,(H,18,19)/b3-2-/t13-,14-/m0/s1. The Bertz CT molecular complexity index is 490. The Hall–Kier alpha value is -1.57. The van der Waals surface area contributed by atoms with Gasteiger partial charge in [-0.2, -0.15) is 0 Å². The summed E-state index contributed by atoms with van der Waals surface area (Å²) in [6, 6.07) is 8.00. The molecule has 3 rings (SSSR count). The smallest absolute Gasteiger partial charge is 0.228 e. The second-order valence-electron chi connectivity index (χ2n) is 5.78. The summed E-state index contributed by atoms with van der Waals surface area (Å²) in [6.07, 6.45) is 9.15. The summed E-state index contributed by atoms with van der Waals surface area (Å²) in [7, 11) is 0. The van der Waals surface area contributed by atoms with Crippen LogP contribution < -0.4 is 5.32 Å². The second-order valence-corrected chi connectivity index (χ2v) is 5.78. The highest BCUT2D eigenvalue weighted by atomic mass is 16.2. The van der Waals surface area contributed by atoms with Gasteiger partial charge in [0.1, 0.15) is 0 Å². The van der Waals surface area contributed by atoms with Crippen LogP contribution in [0.5, 0.6) is 0 Å². The van der Waals surface area contributed by atoms with E-state index in [4.69, 9.17) is 0 Å². The number of carbonyl (C=O) groups excluding carboxylic acids is 1. The lowest BCUT2D eigenvalue weighted by atomic mass is 10.1. The van der Waals surface area contributed by atoms with Crippen molar-refractivity contribution < 1.29 is 4.79 Å². The van der Waals surface area contributed by atoms with E-state index in [2.05, 4.69) is 17.5 Å². The number of benzene rings is 1. The summed E-state index contributed by atoms with van der Waals surface area (Å²) in [5.74, 6) is 1.72. The number of para-hydroxylation sites is 1. The highest BCUT2D eigenvalue weighted by molar-refractivity contribution is 5.95. The minimum Gasteiger partial charge on any atom is -0.326 e. The average molecular weight is 255 g/mol. The first-order valence-corrected chi connectivity index (χ1v) is 7.29. The van der Waals surface area contributed by atoms with Gasteiger partial charge in [-0.15, -0.1) is 0 Å². The molecule has 0 saturated heterocycles. The Morgan fingerprint density at radius 3 is 2.37 bits per heavy atom. The molecule has 1 N–H and O–H groups in total. The number of hydrogen-bond acceptors (Lipinski definition) is 1. The fraction of sp³-hybridized carbons (Fsp3) is 0.471. The van der Waals surface area contributed by atoms with Crippen LogP contribution in [0.15, 0.2) is 36.4 Å². The van der Waals surface area contributed by atoms with Crippen molar-refractivity contribution in [3.8, 4) is 0 Å². The molecule has 0 aliphatic heterocycles. The van der Waals surface area contributed by atoms with E-state index in [1.807, 2.05) is 31.2 Å². The van der Waals surface area contributed by atoms with Crippen molar-refractivity contribution in [2.45, 2.75) is 32.6 Å². The van der Waals surface area contributed by atoms with Crippen molar-refractivity contribution >= 4 is 11.6 Å². The SMILES string of the molecule is Cc1ccccc1NC(=O)C1[C@H]2CC/C=C\CC[C@H]12. The molecule has 1 fully saturated rings. The number of nitrogens with one attached hydrogen (secondary N) is 1. The topological polar surface area (TPSA) is 29.1 Å². The Kier molecular flexibility index (Phi) is 3.41. The van der Waals surface area contributed by atoms with Gasteiger partial charge in [0.05, 0.1) is 0 Å². The maximum absolute atomic E-state index is 12.4. The van der Waals surface area contributed by atoms with Gasteiger partial charge in [-0.1, -0.05) is 30.4 Å². The second kappa shape index (κ2) is 5.20. The van der Waals surface area contributed by atoms with Crippen LogP contribution in [0.4, 0.5) is 5.69 Å². The zero-order valence-electron chi connectivity index (χ0n) is 11.4. The lowest BCUT2D eigenvalue weighted by molar-refractivity contribution is -0.117. The van der Waals surface area contributed by atoms with E-state index < -0.39 is 0 Å². The minimum atomic E-state index is 0.228. The van der Waals surface area contributed by atoms with Crippen molar-refractivity contribution in [1.82, 2.24) is 0 Å². The van der Waals surface area contributed by atoms with E-state index in [1.165, 1.54) is 12.8 Å². The number of carbonyl (C=O) groups is 1. The van der Waals surface area contributed by atoms with E-state index in [0.29, 0.717) is 11.8 Å². The average Bonchev–Trinajstić information content (AvgIpc) is 3.03. The summed E-state index contributed by atoms with van der Waals surface area (Å²) in [4.78, 5) is 12.4. The Balaban J connectivity index is 1.65. The normalized spacial score (nSPS) is 30.7. The lowest BCUT2D eigenvalue weighted by Crippen LogP contribution is -2.16. The number of allylic oxidation sites excluding steroid dienone is 2. The Labute approximate surface area is 114 Å². The molecule has 2 aliphatic rings. The zero-order valence-corrected chi connectivity index (χ0v) is 11.4. The third kappa shape index (κ3) is 2.58. The quantitative estimate of drug-likeness (QED) is 0.797. The van der Waals surface area contributed by atoms with E-state index in [-0.39, 0.29) is 11.8 Å². The molecule has 1 aromatic carbocycles. The van der Waals surface area contributed by atoms with Crippen LogP contribution in [0, 0.1) is 24.7 Å². The monoisotopic (exact) mass is 255 g/mol. The van der Waals surface area contributed by atoms with Crippen molar-refractivity contribution in [3.05, 3.63) is 42.0 Å². The molecular formula is C17H21NO. The summed E-state index contributed by atoms with van der Waals surface area (Å²) < 4.78 is 0. The van der Waals surface area contributed by atoms with Gasteiger partial charge in [-0.25, -0.2) is 0 Å². The molecule has 1 amide bonds. The van der Waals surface area contributed by atoms with Gasteiger partial charge in [0.25, 0.3) is 0 Å². The van der Waals surface area contributed by atoms with E-state index in [0.717, 1.165) is 24.1 Å². The molecule has 2 aliphatic carbocycles. The van der Waals surface area contributed by atoms with Crippen LogP contribution >= 0.6 is 0 Å². The molecule has 1 saturated carbocycles. The summed E-state index contributed by atoms with van der Waals surface area (Å²) in [5.41, 5.74) is 2.10. The molecule has 0 unspecified atom stereocenters. The van der Waals surface area contributed by atoms with Crippen molar-refractivity contribution in [3.63, 3.8) is 0 Å². The van der Waals surface area contributed by atoms with Gasteiger partial charge in [0, 0.05) is 11.6 Å². The minimum absolute atomic E-state index is 0.228. The molecule has 1 aromatic rings. The van der Waals surface area contributed by atoms with Crippen LogP contribution in [-0.4, -0.2) is 5.91 Å². The van der Waals surface area contributed by atoms with Crippen molar-refractivity contribution in [2.75, 3.05) is 5.32 Å². The summed E-state index contributed by atoms with van der Waals surface area (Å²) >= 11 is 0. The lowest BCUT2D eigenvalue weighted by Gasteiger charge is -2.07. The van der Waals surface area contributed by atoms with Gasteiger partial charge >= 0.3 is 0 Å². The first kappa shape index (κ1) is 12.5. The van der Waals surface area contributed by atoms with Gasteiger partial charge < -0.3 is 5.32 Å². The van der Waals surface area contributed by atoms with Crippen molar-refractivity contribution in [2.24, 2.45) is 17.8 Å². The first-order chi connectivity index (χ1) is 9.27. The Morgan fingerprint density at radius 2 is 1.74 bits per heavy atom. The van der Waals surface area contributed by atoms with Gasteiger partial charge in [-0.3, -0.25) is 4.79 Å². The van der Waals surface area contributed by atoms with Crippen LogP contribution in [-0.2, 0) is 4.79 Å². The van der Waals surface area contributed by atoms with Gasteiger partial charge in [0.2, 0.25) is 5.91 Å². The maximum Gasteiger partial charge on any atom is 0.228 e. The maximum atomic E-state index is 12.4. The first-order valence-electron chi connectivity index (χ1n) is 7.29. The van der Waals surface area contributed by atoms with Gasteiger partial charge in [-0.05, 0) is 56.1 Å². The predicted octanol–water partition coefficient (Wildman–Crippen LogP) is 3.93.